The summed E-state index contributed by atoms with van der Waals surface area (Å²) >= 11 is 0. The number of nitrogens with zero attached hydrogens (tertiary/aromatic N) is 2. The predicted octanol–water partition coefficient (Wildman–Crippen LogP) is 4.57. The summed E-state index contributed by atoms with van der Waals surface area (Å²) in [6, 6.07) is 16.4. The maximum Gasteiger partial charge on any atom is 0.258 e. The number of amides is 1. The first kappa shape index (κ1) is 15.6. The normalized spacial score (nSPS) is 13.0. The zero-order valence-corrected chi connectivity index (χ0v) is 14.5. The Hall–Kier alpha value is -2.94. The van der Waals surface area contributed by atoms with Crippen LogP contribution in [-0.2, 0) is 6.42 Å². The van der Waals surface area contributed by atoms with Crippen molar-refractivity contribution in [3.05, 3.63) is 83.2 Å². The second-order valence-electron chi connectivity index (χ2n) is 6.66. The van der Waals surface area contributed by atoms with Crippen LogP contribution in [0, 0.1) is 13.8 Å². The lowest BCUT2D eigenvalue weighted by molar-refractivity contribution is 0.0989. The lowest BCUT2D eigenvalue weighted by atomic mass is 10.0. The van der Waals surface area contributed by atoms with Crippen LogP contribution in [-0.4, -0.2) is 17.4 Å². The van der Waals surface area contributed by atoms with Gasteiger partial charge in [-0.25, -0.2) is 0 Å². The second kappa shape index (κ2) is 6.17. The van der Waals surface area contributed by atoms with Crippen LogP contribution in [0.4, 0.5) is 5.69 Å². The SMILES string of the molecule is Cc1cc(C)cc(C(=O)N2CCc3cc(-c4ccncc4)ccc32)c1. The highest BCUT2D eigenvalue weighted by molar-refractivity contribution is 6.07. The van der Waals surface area contributed by atoms with E-state index in [4.69, 9.17) is 0 Å². The predicted molar refractivity (Wildman–Crippen MR) is 101 cm³/mol. The van der Waals surface area contributed by atoms with Gasteiger partial charge in [-0.05, 0) is 73.4 Å². The summed E-state index contributed by atoms with van der Waals surface area (Å²) in [6.07, 6.45) is 4.50. The maximum atomic E-state index is 13.0. The molecule has 0 radical (unpaired) electrons. The number of pyridine rings is 1. The molecule has 0 spiro atoms. The van der Waals surface area contributed by atoms with Gasteiger partial charge in [0.05, 0.1) is 0 Å². The van der Waals surface area contributed by atoms with Gasteiger partial charge in [0.25, 0.3) is 5.91 Å². The van der Waals surface area contributed by atoms with Crippen LogP contribution < -0.4 is 4.90 Å². The number of benzene rings is 2. The second-order valence-corrected chi connectivity index (χ2v) is 6.66. The molecule has 0 fully saturated rings. The minimum absolute atomic E-state index is 0.0854. The lowest BCUT2D eigenvalue weighted by Crippen LogP contribution is -2.29. The molecule has 4 rings (SSSR count). The lowest BCUT2D eigenvalue weighted by Gasteiger charge is -2.18. The van der Waals surface area contributed by atoms with Crippen LogP contribution >= 0.6 is 0 Å². The molecule has 1 aromatic heterocycles. The van der Waals surface area contributed by atoms with Crippen LogP contribution in [0.1, 0.15) is 27.0 Å². The molecule has 0 saturated heterocycles. The Labute approximate surface area is 148 Å². The molecule has 3 heteroatoms. The Morgan fingerprint density at radius 2 is 1.64 bits per heavy atom. The molecular weight excluding hydrogens is 308 g/mol. The van der Waals surface area contributed by atoms with Crippen molar-refractivity contribution in [3.63, 3.8) is 0 Å². The van der Waals surface area contributed by atoms with E-state index in [2.05, 4.69) is 29.2 Å². The number of fused-ring (bicyclic) bond motifs is 1. The molecule has 2 aromatic carbocycles. The van der Waals surface area contributed by atoms with Crippen molar-refractivity contribution in [2.45, 2.75) is 20.3 Å². The largest absolute Gasteiger partial charge is 0.308 e. The van der Waals surface area contributed by atoms with Crippen LogP contribution in [0.2, 0.25) is 0 Å². The van der Waals surface area contributed by atoms with Crippen molar-refractivity contribution in [1.29, 1.82) is 0 Å². The van der Waals surface area contributed by atoms with Gasteiger partial charge in [-0.2, -0.15) is 0 Å². The van der Waals surface area contributed by atoms with Crippen molar-refractivity contribution in [2.75, 3.05) is 11.4 Å². The molecule has 0 unspecified atom stereocenters. The van der Waals surface area contributed by atoms with Gasteiger partial charge in [0.1, 0.15) is 0 Å². The highest BCUT2D eigenvalue weighted by atomic mass is 16.2. The molecule has 1 aliphatic heterocycles. The van der Waals surface area contributed by atoms with Gasteiger partial charge < -0.3 is 4.90 Å². The summed E-state index contributed by atoms with van der Waals surface area (Å²) in [5.41, 5.74) is 7.59. The highest BCUT2D eigenvalue weighted by Crippen LogP contribution is 2.33. The number of hydrogen-bond acceptors (Lipinski definition) is 2. The highest BCUT2D eigenvalue weighted by Gasteiger charge is 2.26. The van der Waals surface area contributed by atoms with Crippen molar-refractivity contribution in [2.24, 2.45) is 0 Å². The van der Waals surface area contributed by atoms with Crippen LogP contribution in [0.3, 0.4) is 0 Å². The third kappa shape index (κ3) is 2.93. The summed E-state index contributed by atoms with van der Waals surface area (Å²) < 4.78 is 0. The third-order valence-electron chi connectivity index (χ3n) is 4.70. The Kier molecular flexibility index (Phi) is 3.85. The summed E-state index contributed by atoms with van der Waals surface area (Å²) in [6.45, 7) is 4.80. The molecule has 2 heterocycles. The molecule has 0 bridgehead atoms. The monoisotopic (exact) mass is 328 g/mol. The topological polar surface area (TPSA) is 33.2 Å². The first-order chi connectivity index (χ1) is 12.1. The van der Waals surface area contributed by atoms with E-state index in [1.54, 1.807) is 12.4 Å². The Morgan fingerprint density at radius 1 is 0.920 bits per heavy atom. The van der Waals surface area contributed by atoms with E-state index in [9.17, 15) is 4.79 Å². The smallest absolute Gasteiger partial charge is 0.258 e. The number of carbonyl (C=O) groups excluding carboxylic acids is 1. The molecule has 0 saturated carbocycles. The summed E-state index contributed by atoms with van der Waals surface area (Å²) in [4.78, 5) is 19.0. The number of rotatable bonds is 2. The minimum Gasteiger partial charge on any atom is -0.308 e. The molecule has 3 nitrogen and oxygen atoms in total. The average molecular weight is 328 g/mol. The Bertz CT molecular complexity index is 927. The number of hydrogen-bond donors (Lipinski definition) is 0. The fourth-order valence-electron chi connectivity index (χ4n) is 3.59. The van der Waals surface area contributed by atoms with E-state index in [-0.39, 0.29) is 5.91 Å². The van der Waals surface area contributed by atoms with Crippen LogP contribution in [0.25, 0.3) is 11.1 Å². The standard InChI is InChI=1S/C22H20N2O/c1-15-11-16(2)13-20(12-15)22(25)24-10-7-19-14-18(3-4-21(19)24)17-5-8-23-9-6-17/h3-6,8-9,11-14H,7,10H2,1-2H3. The van der Waals surface area contributed by atoms with Crippen LogP contribution in [0.15, 0.2) is 60.9 Å². The molecule has 3 aromatic rings. The molecule has 0 aliphatic carbocycles. The fourth-order valence-corrected chi connectivity index (χ4v) is 3.59. The molecule has 0 N–H and O–H groups in total. The van der Waals surface area contributed by atoms with Crippen molar-refractivity contribution >= 4 is 11.6 Å². The van der Waals surface area contributed by atoms with E-state index in [1.165, 1.54) is 11.1 Å². The first-order valence-corrected chi connectivity index (χ1v) is 8.55. The zero-order chi connectivity index (χ0) is 17.4. The summed E-state index contributed by atoms with van der Waals surface area (Å²) in [7, 11) is 0. The van der Waals surface area contributed by atoms with Crippen molar-refractivity contribution in [3.8, 4) is 11.1 Å². The van der Waals surface area contributed by atoms with E-state index in [1.807, 2.05) is 43.0 Å². The zero-order valence-electron chi connectivity index (χ0n) is 14.5. The molecular formula is C22H20N2O. The van der Waals surface area contributed by atoms with Gasteiger partial charge in [-0.3, -0.25) is 9.78 Å². The van der Waals surface area contributed by atoms with Gasteiger partial charge in [0.2, 0.25) is 0 Å². The Morgan fingerprint density at radius 3 is 2.36 bits per heavy atom. The number of carbonyl (C=O) groups is 1. The van der Waals surface area contributed by atoms with Gasteiger partial charge in [0, 0.05) is 30.2 Å². The first-order valence-electron chi connectivity index (χ1n) is 8.55. The molecule has 1 amide bonds. The fraction of sp³-hybridized carbons (Fsp3) is 0.182. The maximum absolute atomic E-state index is 13.0. The number of anilines is 1. The summed E-state index contributed by atoms with van der Waals surface area (Å²) in [5, 5.41) is 0. The van der Waals surface area contributed by atoms with E-state index < -0.39 is 0 Å². The molecule has 0 atom stereocenters. The average Bonchev–Trinajstić information content (AvgIpc) is 3.04. The van der Waals surface area contributed by atoms with E-state index in [0.717, 1.165) is 40.9 Å². The minimum atomic E-state index is 0.0854. The summed E-state index contributed by atoms with van der Waals surface area (Å²) in [5.74, 6) is 0.0854. The van der Waals surface area contributed by atoms with Crippen molar-refractivity contribution < 1.29 is 4.79 Å². The van der Waals surface area contributed by atoms with Crippen LogP contribution in [0.5, 0.6) is 0 Å². The number of aryl methyl sites for hydroxylation is 2. The van der Waals surface area contributed by atoms with Gasteiger partial charge in [-0.1, -0.05) is 23.3 Å². The van der Waals surface area contributed by atoms with E-state index in [0.29, 0.717) is 0 Å². The van der Waals surface area contributed by atoms with E-state index >= 15 is 0 Å². The van der Waals surface area contributed by atoms with Gasteiger partial charge >= 0.3 is 0 Å². The van der Waals surface area contributed by atoms with Gasteiger partial charge in [-0.15, -0.1) is 0 Å². The molecule has 25 heavy (non-hydrogen) atoms. The quantitative estimate of drug-likeness (QED) is 0.690. The third-order valence-corrected chi connectivity index (χ3v) is 4.70. The number of aromatic nitrogens is 1. The van der Waals surface area contributed by atoms with Gasteiger partial charge in [0.15, 0.2) is 0 Å². The van der Waals surface area contributed by atoms with Crippen molar-refractivity contribution in [1.82, 2.24) is 4.98 Å². The Balaban J connectivity index is 1.67. The molecule has 124 valence electrons. The molecule has 1 aliphatic rings.